The molecule has 1 aliphatic heterocycles. The lowest BCUT2D eigenvalue weighted by atomic mass is 10.0. The fourth-order valence-corrected chi connectivity index (χ4v) is 3.37. The summed E-state index contributed by atoms with van der Waals surface area (Å²) >= 11 is 6.20. The van der Waals surface area contributed by atoms with E-state index in [1.165, 1.54) is 13.2 Å². The number of methoxy groups -OCH3 is 1. The maximum absolute atomic E-state index is 13.0. The van der Waals surface area contributed by atoms with Gasteiger partial charge in [-0.15, -0.1) is 6.58 Å². The number of benzene rings is 2. The highest BCUT2D eigenvalue weighted by molar-refractivity contribution is 6.36. The number of hydrogen-bond donors (Lipinski definition) is 1. The monoisotopic (exact) mass is 426 g/mol. The largest absolute Gasteiger partial charge is 0.495 e. The second-order valence-electron chi connectivity index (χ2n) is 6.92. The zero-order valence-electron chi connectivity index (χ0n) is 17.1. The van der Waals surface area contributed by atoms with Gasteiger partial charge < -0.3 is 14.8 Å². The van der Waals surface area contributed by atoms with Crippen molar-refractivity contribution in [2.24, 2.45) is 0 Å². The second kappa shape index (κ2) is 9.05. The molecule has 2 aromatic carbocycles. The van der Waals surface area contributed by atoms with Crippen LogP contribution in [0.2, 0.25) is 5.02 Å². The van der Waals surface area contributed by atoms with Gasteiger partial charge in [0.1, 0.15) is 17.2 Å². The molecule has 0 aliphatic carbocycles. The minimum absolute atomic E-state index is 0.0323. The SMILES string of the molecule is C=CCN1C(=O)C(Nc2ccc(OC)c(Cl)c2)=C(c2ccc(OC(C)C)cc2)C1=O. The standard InChI is InChI=1S/C23H23ClN2O4/c1-5-12-26-22(27)20(15-6-9-17(10-7-15)30-14(2)3)21(23(26)28)25-16-8-11-19(29-4)18(24)13-16/h5-11,13-14,25H,1,12H2,2-4H3. The number of amides is 2. The smallest absolute Gasteiger partial charge is 0.278 e. The van der Waals surface area contributed by atoms with Gasteiger partial charge in [-0.3, -0.25) is 14.5 Å². The number of anilines is 1. The first-order chi connectivity index (χ1) is 14.3. The summed E-state index contributed by atoms with van der Waals surface area (Å²) in [6.07, 6.45) is 1.55. The molecule has 1 aliphatic rings. The van der Waals surface area contributed by atoms with Crippen molar-refractivity contribution in [3.63, 3.8) is 0 Å². The van der Waals surface area contributed by atoms with Gasteiger partial charge in [-0.05, 0) is 49.7 Å². The number of nitrogens with one attached hydrogen (secondary N) is 1. The minimum Gasteiger partial charge on any atom is -0.495 e. The average molecular weight is 427 g/mol. The molecule has 0 fully saturated rings. The van der Waals surface area contributed by atoms with Crippen LogP contribution in [0.15, 0.2) is 60.8 Å². The lowest BCUT2D eigenvalue weighted by Crippen LogP contribution is -2.32. The van der Waals surface area contributed by atoms with Crippen molar-refractivity contribution < 1.29 is 19.1 Å². The number of nitrogens with zero attached hydrogens (tertiary/aromatic N) is 1. The predicted octanol–water partition coefficient (Wildman–Crippen LogP) is 4.51. The maximum Gasteiger partial charge on any atom is 0.278 e. The van der Waals surface area contributed by atoms with Gasteiger partial charge in [0.2, 0.25) is 0 Å². The van der Waals surface area contributed by atoms with Crippen molar-refractivity contribution in [3.05, 3.63) is 71.4 Å². The van der Waals surface area contributed by atoms with Gasteiger partial charge in [-0.1, -0.05) is 29.8 Å². The fourth-order valence-electron chi connectivity index (χ4n) is 3.12. The molecule has 0 radical (unpaired) electrons. The van der Waals surface area contributed by atoms with Crippen molar-refractivity contribution in [1.29, 1.82) is 0 Å². The average Bonchev–Trinajstić information content (AvgIpc) is 2.93. The van der Waals surface area contributed by atoms with Crippen LogP contribution in [-0.2, 0) is 9.59 Å². The van der Waals surface area contributed by atoms with Crippen LogP contribution < -0.4 is 14.8 Å². The summed E-state index contributed by atoms with van der Waals surface area (Å²) in [5, 5.41) is 3.45. The van der Waals surface area contributed by atoms with E-state index in [4.69, 9.17) is 21.1 Å². The zero-order valence-corrected chi connectivity index (χ0v) is 17.8. The minimum atomic E-state index is -0.427. The molecule has 30 heavy (non-hydrogen) atoms. The highest BCUT2D eigenvalue weighted by Gasteiger charge is 2.38. The Labute approximate surface area is 180 Å². The summed E-state index contributed by atoms with van der Waals surface area (Å²) in [5.74, 6) is 0.383. The van der Waals surface area contributed by atoms with E-state index in [1.54, 1.807) is 42.5 Å². The van der Waals surface area contributed by atoms with Crippen LogP contribution in [0.5, 0.6) is 11.5 Å². The Morgan fingerprint density at radius 2 is 1.83 bits per heavy atom. The predicted molar refractivity (Wildman–Crippen MR) is 118 cm³/mol. The molecular weight excluding hydrogens is 404 g/mol. The molecule has 7 heteroatoms. The number of carbonyl (C=O) groups excluding carboxylic acids is 2. The molecule has 6 nitrogen and oxygen atoms in total. The molecule has 2 aromatic rings. The lowest BCUT2D eigenvalue weighted by molar-refractivity contribution is -0.136. The molecule has 0 spiro atoms. The molecule has 156 valence electrons. The van der Waals surface area contributed by atoms with Crippen molar-refractivity contribution in [2.75, 3.05) is 19.0 Å². The molecule has 0 saturated heterocycles. The molecular formula is C23H23ClN2O4. The first-order valence-corrected chi connectivity index (χ1v) is 9.82. The molecule has 1 heterocycles. The van der Waals surface area contributed by atoms with Crippen molar-refractivity contribution >= 4 is 34.7 Å². The molecule has 0 unspecified atom stereocenters. The summed E-state index contributed by atoms with van der Waals surface area (Å²) in [7, 11) is 1.52. The zero-order chi connectivity index (χ0) is 21.8. The maximum atomic E-state index is 13.0. The highest BCUT2D eigenvalue weighted by atomic mass is 35.5. The van der Waals surface area contributed by atoms with Crippen LogP contribution in [0.25, 0.3) is 5.57 Å². The number of ether oxygens (including phenoxy) is 2. The van der Waals surface area contributed by atoms with Crippen LogP contribution in [0.1, 0.15) is 19.4 Å². The van der Waals surface area contributed by atoms with Gasteiger partial charge in [0.25, 0.3) is 11.8 Å². The molecule has 0 bridgehead atoms. The Morgan fingerprint density at radius 3 is 2.40 bits per heavy atom. The van der Waals surface area contributed by atoms with Crippen molar-refractivity contribution in [2.45, 2.75) is 20.0 Å². The summed E-state index contributed by atoms with van der Waals surface area (Å²) < 4.78 is 10.8. The van der Waals surface area contributed by atoms with Crippen molar-refractivity contribution in [3.8, 4) is 11.5 Å². The molecule has 0 saturated carbocycles. The van der Waals surface area contributed by atoms with Gasteiger partial charge in [0.05, 0.1) is 23.8 Å². The first kappa shape index (κ1) is 21.5. The number of carbonyl (C=O) groups is 2. The summed E-state index contributed by atoms with van der Waals surface area (Å²) in [6.45, 7) is 7.62. The van der Waals surface area contributed by atoms with Crippen LogP contribution in [-0.4, -0.2) is 36.5 Å². The van der Waals surface area contributed by atoms with Crippen LogP contribution in [0.3, 0.4) is 0 Å². The Hall–Kier alpha value is -3.25. The Morgan fingerprint density at radius 1 is 1.13 bits per heavy atom. The Bertz CT molecular complexity index is 1010. The Balaban J connectivity index is 2.02. The van der Waals surface area contributed by atoms with Gasteiger partial charge in [-0.2, -0.15) is 0 Å². The first-order valence-electron chi connectivity index (χ1n) is 9.44. The number of imide groups is 1. The van der Waals surface area contributed by atoms with Crippen molar-refractivity contribution in [1.82, 2.24) is 4.90 Å². The molecule has 3 rings (SSSR count). The highest BCUT2D eigenvalue weighted by Crippen LogP contribution is 2.33. The van der Waals surface area contributed by atoms with E-state index in [2.05, 4.69) is 11.9 Å². The lowest BCUT2D eigenvalue weighted by Gasteiger charge is -2.13. The summed E-state index contributed by atoms with van der Waals surface area (Å²) in [4.78, 5) is 27.1. The number of rotatable bonds is 8. The Kier molecular flexibility index (Phi) is 6.47. The molecule has 2 amide bonds. The van der Waals surface area contributed by atoms with E-state index < -0.39 is 5.91 Å². The van der Waals surface area contributed by atoms with Gasteiger partial charge in [0.15, 0.2) is 0 Å². The topological polar surface area (TPSA) is 67.9 Å². The summed E-state index contributed by atoms with van der Waals surface area (Å²) in [5.41, 5.74) is 1.64. The van der Waals surface area contributed by atoms with E-state index in [9.17, 15) is 9.59 Å². The third kappa shape index (κ3) is 4.33. The summed E-state index contributed by atoms with van der Waals surface area (Å²) in [6, 6.07) is 12.1. The molecule has 0 atom stereocenters. The fraction of sp³-hybridized carbons (Fsp3) is 0.217. The van der Waals surface area contributed by atoms with E-state index in [-0.39, 0.29) is 29.8 Å². The quantitative estimate of drug-likeness (QED) is 0.496. The van der Waals surface area contributed by atoms with E-state index in [1.807, 2.05) is 13.8 Å². The molecule has 0 aromatic heterocycles. The van der Waals surface area contributed by atoms with E-state index in [0.29, 0.717) is 27.8 Å². The van der Waals surface area contributed by atoms with Crippen LogP contribution in [0, 0.1) is 0 Å². The van der Waals surface area contributed by atoms with Gasteiger partial charge in [0, 0.05) is 12.2 Å². The van der Waals surface area contributed by atoms with E-state index in [0.717, 1.165) is 4.90 Å². The third-order valence-electron chi connectivity index (χ3n) is 4.42. The number of hydrogen-bond acceptors (Lipinski definition) is 5. The molecule has 1 N–H and O–H groups in total. The van der Waals surface area contributed by atoms with Crippen LogP contribution in [0.4, 0.5) is 5.69 Å². The van der Waals surface area contributed by atoms with E-state index >= 15 is 0 Å². The van der Waals surface area contributed by atoms with Gasteiger partial charge >= 0.3 is 0 Å². The third-order valence-corrected chi connectivity index (χ3v) is 4.71. The van der Waals surface area contributed by atoms with Crippen LogP contribution >= 0.6 is 11.6 Å². The number of halogens is 1. The van der Waals surface area contributed by atoms with Gasteiger partial charge in [-0.25, -0.2) is 0 Å². The second-order valence-corrected chi connectivity index (χ2v) is 7.33. The normalized spacial score (nSPS) is 13.8.